The molecule has 208 valence electrons. The molecule has 3 heterocycles. The van der Waals surface area contributed by atoms with Crippen molar-refractivity contribution in [2.75, 3.05) is 19.6 Å². The molecule has 0 radical (unpaired) electrons. The van der Waals surface area contributed by atoms with Crippen molar-refractivity contribution in [3.8, 4) is 16.9 Å². The number of carbonyl (C=O) groups is 1. The number of rotatable bonds is 8. The van der Waals surface area contributed by atoms with E-state index in [9.17, 15) is 13.2 Å². The largest absolute Gasteiger partial charge is 0.293 e. The van der Waals surface area contributed by atoms with Crippen LogP contribution >= 0.6 is 24.0 Å². The van der Waals surface area contributed by atoms with Crippen LogP contribution in [0.1, 0.15) is 24.0 Å². The Morgan fingerprint density at radius 2 is 1.63 bits per heavy atom. The minimum Gasteiger partial charge on any atom is -0.293 e. The molecule has 10 heteroatoms. The molecule has 3 aromatic carbocycles. The summed E-state index contributed by atoms with van der Waals surface area (Å²) in [4.78, 5) is 15.8. The average molecular weight is 601 g/mol. The van der Waals surface area contributed by atoms with Crippen molar-refractivity contribution >= 4 is 50.3 Å². The van der Waals surface area contributed by atoms with Gasteiger partial charge < -0.3 is 0 Å². The molecule has 0 aliphatic carbocycles. The molecular formula is C31H28N4O3S3. The minimum atomic E-state index is -3.60. The lowest BCUT2D eigenvalue weighted by Gasteiger charge is -2.16. The standard InChI is InChI=1S/C31H28N4O3S3/c36-30-28(40-31(39)34(30)19-16-23-10-3-1-4-11-23)21-25-22-35(26-13-5-2-6-14-26)32-29(25)24-12-9-15-27(20-24)41(37,38)33-17-7-8-18-33/h1-6,9-15,20-22H,7-8,16-19H2/b28-21-. The monoisotopic (exact) mass is 600 g/mol. The van der Waals surface area contributed by atoms with Crippen LogP contribution in [0.4, 0.5) is 0 Å². The predicted molar refractivity (Wildman–Crippen MR) is 167 cm³/mol. The van der Waals surface area contributed by atoms with Gasteiger partial charge in [0.2, 0.25) is 10.0 Å². The van der Waals surface area contributed by atoms with Crippen molar-refractivity contribution in [3.63, 3.8) is 0 Å². The maximum Gasteiger partial charge on any atom is 0.266 e. The molecule has 2 fully saturated rings. The third-order valence-electron chi connectivity index (χ3n) is 7.20. The molecule has 0 N–H and O–H groups in total. The topological polar surface area (TPSA) is 75.5 Å². The summed E-state index contributed by atoms with van der Waals surface area (Å²) in [5, 5.41) is 4.85. The van der Waals surface area contributed by atoms with Gasteiger partial charge in [0, 0.05) is 37.0 Å². The molecule has 0 unspecified atom stereocenters. The van der Waals surface area contributed by atoms with Gasteiger partial charge in [-0.05, 0) is 55.2 Å². The van der Waals surface area contributed by atoms with E-state index >= 15 is 0 Å². The van der Waals surface area contributed by atoms with Gasteiger partial charge in [-0.3, -0.25) is 9.69 Å². The average Bonchev–Trinajstić information content (AvgIpc) is 3.74. The third kappa shape index (κ3) is 5.78. The van der Waals surface area contributed by atoms with Gasteiger partial charge >= 0.3 is 0 Å². The lowest BCUT2D eigenvalue weighted by molar-refractivity contribution is -0.122. The van der Waals surface area contributed by atoms with E-state index in [0.717, 1.165) is 24.1 Å². The zero-order valence-corrected chi connectivity index (χ0v) is 24.7. The first-order chi connectivity index (χ1) is 19.9. The molecular weight excluding hydrogens is 573 g/mol. The van der Waals surface area contributed by atoms with Gasteiger partial charge in [0.1, 0.15) is 10.0 Å². The molecule has 41 heavy (non-hydrogen) atoms. The lowest BCUT2D eigenvalue weighted by atomic mass is 10.1. The molecule has 0 atom stereocenters. The molecule has 1 aromatic heterocycles. The Hall–Kier alpha value is -3.57. The van der Waals surface area contributed by atoms with Crippen LogP contribution in [-0.2, 0) is 21.2 Å². The van der Waals surface area contributed by atoms with Crippen molar-refractivity contribution in [3.05, 3.63) is 107 Å². The summed E-state index contributed by atoms with van der Waals surface area (Å²) in [6.07, 6.45) is 6.12. The Morgan fingerprint density at radius 3 is 2.37 bits per heavy atom. The first-order valence-electron chi connectivity index (χ1n) is 13.5. The molecule has 1 amide bonds. The summed E-state index contributed by atoms with van der Waals surface area (Å²) in [7, 11) is -3.60. The summed E-state index contributed by atoms with van der Waals surface area (Å²) in [5.74, 6) is -0.139. The predicted octanol–water partition coefficient (Wildman–Crippen LogP) is 5.77. The van der Waals surface area contributed by atoms with Gasteiger partial charge in [-0.2, -0.15) is 9.40 Å². The van der Waals surface area contributed by atoms with Crippen LogP contribution in [0.25, 0.3) is 23.0 Å². The summed E-state index contributed by atoms with van der Waals surface area (Å²) in [5.41, 5.74) is 3.94. The Bertz CT molecular complexity index is 1730. The highest BCUT2D eigenvalue weighted by atomic mass is 32.2. The number of thiocarbonyl (C=S) groups is 1. The van der Waals surface area contributed by atoms with Crippen LogP contribution in [0.5, 0.6) is 0 Å². The number of hydrogen-bond donors (Lipinski definition) is 0. The van der Waals surface area contributed by atoms with E-state index in [-0.39, 0.29) is 10.8 Å². The van der Waals surface area contributed by atoms with Gasteiger partial charge in [0.05, 0.1) is 15.5 Å². The van der Waals surface area contributed by atoms with Crippen LogP contribution in [-0.4, -0.2) is 57.3 Å². The van der Waals surface area contributed by atoms with Crippen LogP contribution in [0.2, 0.25) is 0 Å². The molecule has 7 nitrogen and oxygen atoms in total. The maximum atomic E-state index is 13.4. The summed E-state index contributed by atoms with van der Waals surface area (Å²) in [6, 6.07) is 26.6. The second kappa shape index (κ2) is 11.7. The Labute approximate surface area is 249 Å². The van der Waals surface area contributed by atoms with Crippen molar-refractivity contribution in [1.29, 1.82) is 0 Å². The number of carbonyl (C=O) groups excluding carboxylic acids is 1. The number of aromatic nitrogens is 2. The van der Waals surface area contributed by atoms with E-state index in [2.05, 4.69) is 0 Å². The smallest absolute Gasteiger partial charge is 0.266 e. The third-order valence-corrected chi connectivity index (χ3v) is 10.5. The van der Waals surface area contributed by atoms with E-state index < -0.39 is 10.0 Å². The highest BCUT2D eigenvalue weighted by Gasteiger charge is 2.32. The molecule has 2 aliphatic rings. The van der Waals surface area contributed by atoms with Gasteiger partial charge in [-0.25, -0.2) is 13.1 Å². The quantitative estimate of drug-likeness (QED) is 0.189. The molecule has 2 saturated heterocycles. The SMILES string of the molecule is O=C1/C(=C/c2cn(-c3ccccc3)nc2-c2cccc(S(=O)(=O)N3CCCC3)c2)SC(=S)N1CCc1ccccc1. The van der Waals surface area contributed by atoms with Gasteiger partial charge in [0.25, 0.3) is 5.91 Å². The molecule has 6 rings (SSSR count). The van der Waals surface area contributed by atoms with E-state index in [4.69, 9.17) is 17.3 Å². The molecule has 0 bridgehead atoms. The van der Waals surface area contributed by atoms with E-state index in [1.807, 2.05) is 79.0 Å². The number of thioether (sulfide) groups is 1. The van der Waals surface area contributed by atoms with Gasteiger partial charge in [0.15, 0.2) is 0 Å². The number of hydrogen-bond acceptors (Lipinski definition) is 6. The lowest BCUT2D eigenvalue weighted by Crippen LogP contribution is -2.30. The maximum absolute atomic E-state index is 13.4. The van der Waals surface area contributed by atoms with Crippen LogP contribution in [0.3, 0.4) is 0 Å². The van der Waals surface area contributed by atoms with E-state index in [1.54, 1.807) is 27.8 Å². The highest BCUT2D eigenvalue weighted by molar-refractivity contribution is 8.26. The number of para-hydroxylation sites is 1. The fraction of sp³-hybridized carbons (Fsp3) is 0.194. The number of nitrogens with zero attached hydrogens (tertiary/aromatic N) is 4. The summed E-state index contributed by atoms with van der Waals surface area (Å²) >= 11 is 6.85. The van der Waals surface area contributed by atoms with E-state index in [0.29, 0.717) is 52.1 Å². The normalized spacial score (nSPS) is 17.2. The summed E-state index contributed by atoms with van der Waals surface area (Å²) < 4.78 is 30.4. The fourth-order valence-corrected chi connectivity index (χ4v) is 7.89. The number of sulfonamides is 1. The summed E-state index contributed by atoms with van der Waals surface area (Å²) in [6.45, 7) is 1.57. The first kappa shape index (κ1) is 27.6. The zero-order valence-electron chi connectivity index (χ0n) is 22.2. The van der Waals surface area contributed by atoms with E-state index in [1.165, 1.54) is 16.1 Å². The second-order valence-electron chi connectivity index (χ2n) is 9.92. The molecule has 2 aliphatic heterocycles. The van der Waals surface area contributed by atoms with Crippen molar-refractivity contribution in [2.24, 2.45) is 0 Å². The Balaban J connectivity index is 1.35. The molecule has 0 spiro atoms. The second-order valence-corrected chi connectivity index (χ2v) is 13.5. The zero-order chi connectivity index (χ0) is 28.4. The molecule has 4 aromatic rings. The highest BCUT2D eigenvalue weighted by Crippen LogP contribution is 2.35. The van der Waals surface area contributed by atoms with Crippen LogP contribution in [0, 0.1) is 0 Å². The fourth-order valence-electron chi connectivity index (χ4n) is 5.03. The minimum absolute atomic E-state index is 0.139. The van der Waals surface area contributed by atoms with Crippen LogP contribution in [0.15, 0.2) is 101 Å². The van der Waals surface area contributed by atoms with Crippen molar-refractivity contribution < 1.29 is 13.2 Å². The first-order valence-corrected chi connectivity index (χ1v) is 16.1. The van der Waals surface area contributed by atoms with Crippen molar-refractivity contribution in [1.82, 2.24) is 19.0 Å². The number of amides is 1. The molecule has 0 saturated carbocycles. The van der Waals surface area contributed by atoms with Gasteiger partial charge in [-0.1, -0.05) is 84.6 Å². The Kier molecular flexibility index (Phi) is 7.90. The van der Waals surface area contributed by atoms with Crippen molar-refractivity contribution in [2.45, 2.75) is 24.2 Å². The number of benzene rings is 3. The Morgan fingerprint density at radius 1 is 0.927 bits per heavy atom. The van der Waals surface area contributed by atoms with Gasteiger partial charge in [-0.15, -0.1) is 0 Å². The van der Waals surface area contributed by atoms with Crippen LogP contribution < -0.4 is 0 Å².